The van der Waals surface area contributed by atoms with E-state index in [0.29, 0.717) is 4.47 Å². The molecule has 0 heterocycles. The van der Waals surface area contributed by atoms with Crippen molar-refractivity contribution in [1.82, 2.24) is 4.90 Å². The third-order valence-corrected chi connectivity index (χ3v) is 4.91. The summed E-state index contributed by atoms with van der Waals surface area (Å²) in [7, 11) is 2.10. The summed E-state index contributed by atoms with van der Waals surface area (Å²) < 4.78 is 0.612. The maximum atomic E-state index is 10.9. The number of nitrogens with zero attached hydrogens (tertiary/aromatic N) is 2. The average molecular weight is 341 g/mol. The molecule has 0 saturated heterocycles. The van der Waals surface area contributed by atoms with E-state index in [1.165, 1.54) is 38.2 Å². The molecule has 0 radical (unpaired) electrons. The fraction of sp³-hybridized carbons (Fsp3) is 0.600. The Labute approximate surface area is 128 Å². The second-order valence-corrected chi connectivity index (χ2v) is 6.50. The molecule has 4 nitrogen and oxygen atoms in total. The minimum Gasteiger partial charge on any atom is -0.302 e. The van der Waals surface area contributed by atoms with Crippen LogP contribution in [-0.2, 0) is 6.54 Å². The number of hydrogen-bond donors (Lipinski definition) is 0. The third kappa shape index (κ3) is 4.03. The molecule has 2 rings (SSSR count). The highest BCUT2D eigenvalue weighted by Crippen LogP contribution is 2.30. The van der Waals surface area contributed by atoms with Crippen molar-refractivity contribution >= 4 is 21.6 Å². The predicted molar refractivity (Wildman–Crippen MR) is 83.7 cm³/mol. The van der Waals surface area contributed by atoms with E-state index in [9.17, 15) is 10.1 Å². The summed E-state index contributed by atoms with van der Waals surface area (Å²) in [5, 5.41) is 10.9. The van der Waals surface area contributed by atoms with Crippen molar-refractivity contribution < 1.29 is 4.92 Å². The number of nitro groups is 1. The number of halogens is 1. The SMILES string of the molecule is CN(Cc1cccc([N+](=O)[O-])c1Br)CC1CCCCC1. The van der Waals surface area contributed by atoms with Crippen molar-refractivity contribution in [3.05, 3.63) is 38.3 Å². The van der Waals surface area contributed by atoms with Gasteiger partial charge in [0.25, 0.3) is 5.69 Å². The summed E-state index contributed by atoms with van der Waals surface area (Å²) in [5.41, 5.74) is 1.13. The predicted octanol–water partition coefficient (Wildman–Crippen LogP) is 4.37. The van der Waals surface area contributed by atoms with Crippen LogP contribution in [0.5, 0.6) is 0 Å². The fourth-order valence-corrected chi connectivity index (χ4v) is 3.53. The molecule has 0 unspecified atom stereocenters. The van der Waals surface area contributed by atoms with Crippen molar-refractivity contribution in [2.45, 2.75) is 38.6 Å². The second-order valence-electron chi connectivity index (χ2n) is 5.71. The summed E-state index contributed by atoms with van der Waals surface area (Å²) >= 11 is 3.37. The number of rotatable bonds is 5. The summed E-state index contributed by atoms with van der Waals surface area (Å²) in [5.74, 6) is 0.784. The highest BCUT2D eigenvalue weighted by atomic mass is 79.9. The van der Waals surface area contributed by atoms with Gasteiger partial charge in [-0.3, -0.25) is 10.1 Å². The van der Waals surface area contributed by atoms with Crippen molar-refractivity contribution in [3.8, 4) is 0 Å². The minimum atomic E-state index is -0.339. The molecule has 0 spiro atoms. The maximum Gasteiger partial charge on any atom is 0.283 e. The van der Waals surface area contributed by atoms with Crippen LogP contribution in [0.15, 0.2) is 22.7 Å². The molecule has 1 aromatic rings. The van der Waals surface area contributed by atoms with Gasteiger partial charge in [-0.25, -0.2) is 0 Å². The first-order valence-electron chi connectivity index (χ1n) is 7.18. The van der Waals surface area contributed by atoms with E-state index in [1.807, 2.05) is 6.07 Å². The number of benzene rings is 1. The number of nitro benzene ring substituents is 1. The molecular weight excluding hydrogens is 320 g/mol. The minimum absolute atomic E-state index is 0.147. The van der Waals surface area contributed by atoms with Gasteiger partial charge < -0.3 is 4.90 Å². The summed E-state index contributed by atoms with van der Waals surface area (Å²) in [4.78, 5) is 12.9. The molecule has 0 aromatic heterocycles. The summed E-state index contributed by atoms with van der Waals surface area (Å²) in [6.45, 7) is 1.83. The summed E-state index contributed by atoms with van der Waals surface area (Å²) in [6.07, 6.45) is 6.70. The van der Waals surface area contributed by atoms with Crippen molar-refractivity contribution in [2.24, 2.45) is 5.92 Å². The molecule has 0 bridgehead atoms. The third-order valence-electron chi connectivity index (χ3n) is 3.99. The monoisotopic (exact) mass is 340 g/mol. The van der Waals surface area contributed by atoms with Gasteiger partial charge in [0.05, 0.1) is 9.40 Å². The Morgan fingerprint density at radius 1 is 1.35 bits per heavy atom. The maximum absolute atomic E-state index is 10.9. The highest BCUT2D eigenvalue weighted by molar-refractivity contribution is 9.10. The lowest BCUT2D eigenvalue weighted by Gasteiger charge is -2.27. The van der Waals surface area contributed by atoms with Crippen LogP contribution in [0.4, 0.5) is 5.69 Å². The van der Waals surface area contributed by atoms with E-state index in [2.05, 4.69) is 27.9 Å². The van der Waals surface area contributed by atoms with E-state index < -0.39 is 0 Å². The molecule has 5 heteroatoms. The van der Waals surface area contributed by atoms with Gasteiger partial charge in [0, 0.05) is 19.2 Å². The van der Waals surface area contributed by atoms with Gasteiger partial charge in [-0.05, 0) is 47.3 Å². The lowest BCUT2D eigenvalue weighted by molar-refractivity contribution is -0.385. The van der Waals surface area contributed by atoms with E-state index in [4.69, 9.17) is 0 Å². The first-order valence-corrected chi connectivity index (χ1v) is 7.97. The first-order chi connectivity index (χ1) is 9.58. The zero-order valence-corrected chi connectivity index (χ0v) is 13.4. The Bertz CT molecular complexity index is 473. The van der Waals surface area contributed by atoms with Crippen LogP contribution >= 0.6 is 15.9 Å². The molecule has 1 aromatic carbocycles. The second kappa shape index (κ2) is 7.18. The lowest BCUT2D eigenvalue weighted by Crippen LogP contribution is -2.26. The van der Waals surface area contributed by atoms with Gasteiger partial charge >= 0.3 is 0 Å². The van der Waals surface area contributed by atoms with Crippen LogP contribution in [0, 0.1) is 16.0 Å². The molecule has 0 aliphatic heterocycles. The quantitative estimate of drug-likeness (QED) is 0.590. The highest BCUT2D eigenvalue weighted by Gasteiger charge is 2.18. The Kier molecular flexibility index (Phi) is 5.54. The Morgan fingerprint density at radius 3 is 2.70 bits per heavy atom. The Balaban J connectivity index is 1.98. The van der Waals surface area contributed by atoms with Crippen LogP contribution < -0.4 is 0 Å². The van der Waals surface area contributed by atoms with Gasteiger partial charge in [0.15, 0.2) is 0 Å². The van der Waals surface area contributed by atoms with Crippen molar-refractivity contribution in [1.29, 1.82) is 0 Å². The molecular formula is C15H21BrN2O2. The molecule has 0 atom stereocenters. The van der Waals surface area contributed by atoms with E-state index in [1.54, 1.807) is 6.07 Å². The van der Waals surface area contributed by atoms with E-state index in [-0.39, 0.29) is 10.6 Å². The van der Waals surface area contributed by atoms with Crippen LogP contribution in [0.1, 0.15) is 37.7 Å². The topological polar surface area (TPSA) is 46.4 Å². The van der Waals surface area contributed by atoms with Crippen LogP contribution in [-0.4, -0.2) is 23.4 Å². The normalized spacial score (nSPS) is 16.6. The molecule has 1 aliphatic carbocycles. The molecule has 110 valence electrons. The van der Waals surface area contributed by atoms with Crippen molar-refractivity contribution in [3.63, 3.8) is 0 Å². The summed E-state index contributed by atoms with van der Waals surface area (Å²) in [6, 6.07) is 5.25. The van der Waals surface area contributed by atoms with Crippen LogP contribution in [0.25, 0.3) is 0 Å². The smallest absolute Gasteiger partial charge is 0.283 e. The van der Waals surface area contributed by atoms with Gasteiger partial charge in [0.1, 0.15) is 0 Å². The van der Waals surface area contributed by atoms with E-state index >= 15 is 0 Å². The molecule has 20 heavy (non-hydrogen) atoms. The Morgan fingerprint density at radius 2 is 2.05 bits per heavy atom. The molecule has 0 N–H and O–H groups in total. The molecule has 1 aliphatic rings. The molecule has 1 saturated carbocycles. The Hall–Kier alpha value is -0.940. The van der Waals surface area contributed by atoms with Gasteiger partial charge in [0.2, 0.25) is 0 Å². The van der Waals surface area contributed by atoms with Crippen LogP contribution in [0.3, 0.4) is 0 Å². The zero-order valence-electron chi connectivity index (χ0n) is 11.8. The van der Waals surface area contributed by atoms with Gasteiger partial charge in [-0.1, -0.05) is 31.4 Å². The molecule has 0 amide bonds. The van der Waals surface area contributed by atoms with Gasteiger partial charge in [-0.2, -0.15) is 0 Å². The standard InChI is InChI=1S/C15H21BrN2O2/c1-17(10-12-6-3-2-4-7-12)11-13-8-5-9-14(15(13)16)18(19)20/h5,8-9,12H,2-4,6-7,10-11H2,1H3. The first kappa shape index (κ1) is 15.4. The van der Waals surface area contributed by atoms with Crippen molar-refractivity contribution in [2.75, 3.05) is 13.6 Å². The largest absolute Gasteiger partial charge is 0.302 e. The van der Waals surface area contributed by atoms with Gasteiger partial charge in [-0.15, -0.1) is 0 Å². The van der Waals surface area contributed by atoms with Crippen LogP contribution in [0.2, 0.25) is 0 Å². The number of hydrogen-bond acceptors (Lipinski definition) is 3. The molecule has 1 fully saturated rings. The van der Waals surface area contributed by atoms with E-state index in [0.717, 1.165) is 24.6 Å². The lowest BCUT2D eigenvalue weighted by atomic mass is 9.89. The fourth-order valence-electron chi connectivity index (χ4n) is 3.00. The zero-order chi connectivity index (χ0) is 14.5. The average Bonchev–Trinajstić information content (AvgIpc) is 2.42.